The molecule has 1 aromatic carbocycles. The molecule has 6 nitrogen and oxygen atoms in total. The van der Waals surface area contributed by atoms with Gasteiger partial charge in [-0.2, -0.15) is 0 Å². The lowest BCUT2D eigenvalue weighted by molar-refractivity contribution is -0.139. The first-order valence-electron chi connectivity index (χ1n) is 6.63. The number of aliphatic carboxylic acids is 1. The third-order valence-electron chi connectivity index (χ3n) is 2.84. The molecule has 0 aliphatic carbocycles. The Bertz CT molecular complexity index is 666. The van der Waals surface area contributed by atoms with E-state index in [0.29, 0.717) is 11.3 Å². The number of hydrogen-bond donors (Lipinski definition) is 2. The van der Waals surface area contributed by atoms with Gasteiger partial charge in [-0.15, -0.1) is 11.3 Å². The summed E-state index contributed by atoms with van der Waals surface area (Å²) in [6, 6.07) is 6.14. The molecule has 1 heterocycles. The SMILES string of the molecule is Cc1cnc(C(C)NC(=O)c2ccc(OCC(=O)O)cc2)s1. The minimum atomic E-state index is -1.05. The van der Waals surface area contributed by atoms with Gasteiger partial charge in [-0.3, -0.25) is 4.79 Å². The number of aromatic nitrogens is 1. The van der Waals surface area contributed by atoms with Gasteiger partial charge in [0.15, 0.2) is 6.61 Å². The van der Waals surface area contributed by atoms with Crippen LogP contribution in [0.3, 0.4) is 0 Å². The third-order valence-corrected chi connectivity index (χ3v) is 3.93. The van der Waals surface area contributed by atoms with Crippen LogP contribution in [0, 0.1) is 6.92 Å². The summed E-state index contributed by atoms with van der Waals surface area (Å²) in [5, 5.41) is 12.3. The highest BCUT2D eigenvalue weighted by molar-refractivity contribution is 7.11. The average Bonchev–Trinajstić information content (AvgIpc) is 2.92. The molecule has 0 bridgehead atoms. The Balaban J connectivity index is 1.96. The molecule has 0 spiro atoms. The number of hydrogen-bond acceptors (Lipinski definition) is 5. The second kappa shape index (κ2) is 7.04. The Kier molecular flexibility index (Phi) is 5.11. The number of carboxylic acid groups (broad SMARTS) is 1. The van der Waals surface area contributed by atoms with Crippen molar-refractivity contribution in [2.24, 2.45) is 0 Å². The van der Waals surface area contributed by atoms with Crippen molar-refractivity contribution < 1.29 is 19.4 Å². The van der Waals surface area contributed by atoms with E-state index in [1.807, 2.05) is 13.8 Å². The summed E-state index contributed by atoms with van der Waals surface area (Å²) < 4.78 is 5.02. The molecule has 0 aliphatic rings. The molecule has 2 N–H and O–H groups in total. The maximum Gasteiger partial charge on any atom is 0.341 e. The predicted molar refractivity (Wildman–Crippen MR) is 82.3 cm³/mol. The summed E-state index contributed by atoms with van der Waals surface area (Å²) in [6.45, 7) is 3.43. The molecule has 1 amide bonds. The number of aryl methyl sites for hydroxylation is 1. The summed E-state index contributed by atoms with van der Waals surface area (Å²) in [5.74, 6) is -0.859. The van der Waals surface area contributed by atoms with E-state index >= 15 is 0 Å². The van der Waals surface area contributed by atoms with E-state index in [9.17, 15) is 9.59 Å². The molecule has 0 radical (unpaired) electrons. The number of carbonyl (C=O) groups is 2. The van der Waals surface area contributed by atoms with Gasteiger partial charge in [-0.05, 0) is 38.1 Å². The number of amides is 1. The fourth-order valence-corrected chi connectivity index (χ4v) is 2.54. The molecule has 2 aromatic rings. The molecule has 1 atom stereocenters. The van der Waals surface area contributed by atoms with Crippen LogP contribution >= 0.6 is 11.3 Å². The summed E-state index contributed by atoms with van der Waals surface area (Å²) in [4.78, 5) is 27.9. The molecule has 0 saturated heterocycles. The highest BCUT2D eigenvalue weighted by atomic mass is 32.1. The van der Waals surface area contributed by atoms with Crippen molar-refractivity contribution in [1.82, 2.24) is 10.3 Å². The van der Waals surface area contributed by atoms with E-state index in [1.54, 1.807) is 41.8 Å². The largest absolute Gasteiger partial charge is 0.482 e. The van der Waals surface area contributed by atoms with Crippen LogP contribution < -0.4 is 10.1 Å². The minimum Gasteiger partial charge on any atom is -0.482 e. The molecule has 7 heteroatoms. The van der Waals surface area contributed by atoms with Crippen molar-refractivity contribution in [2.75, 3.05) is 6.61 Å². The van der Waals surface area contributed by atoms with Crippen molar-refractivity contribution in [1.29, 1.82) is 0 Å². The van der Waals surface area contributed by atoms with Gasteiger partial charge in [0.25, 0.3) is 5.91 Å². The Labute approximate surface area is 131 Å². The number of benzene rings is 1. The van der Waals surface area contributed by atoms with Gasteiger partial charge < -0.3 is 15.2 Å². The zero-order valence-corrected chi connectivity index (χ0v) is 13.0. The van der Waals surface area contributed by atoms with Crippen LogP contribution in [-0.2, 0) is 4.79 Å². The van der Waals surface area contributed by atoms with Crippen molar-refractivity contribution in [2.45, 2.75) is 19.9 Å². The fraction of sp³-hybridized carbons (Fsp3) is 0.267. The lowest BCUT2D eigenvalue weighted by atomic mass is 10.2. The van der Waals surface area contributed by atoms with Crippen LogP contribution in [0.25, 0.3) is 0 Å². The molecule has 1 unspecified atom stereocenters. The van der Waals surface area contributed by atoms with Crippen LogP contribution in [-0.4, -0.2) is 28.6 Å². The Hall–Kier alpha value is -2.41. The molecule has 2 rings (SSSR count). The van der Waals surface area contributed by atoms with Crippen LogP contribution in [0.15, 0.2) is 30.5 Å². The van der Waals surface area contributed by atoms with Gasteiger partial charge >= 0.3 is 5.97 Å². The smallest absolute Gasteiger partial charge is 0.341 e. The minimum absolute atomic E-state index is 0.172. The van der Waals surface area contributed by atoms with Gasteiger partial charge in [0.05, 0.1) is 6.04 Å². The van der Waals surface area contributed by atoms with Crippen LogP contribution in [0.2, 0.25) is 0 Å². The molecular weight excluding hydrogens is 304 g/mol. The number of nitrogens with zero attached hydrogens (tertiary/aromatic N) is 1. The van der Waals surface area contributed by atoms with E-state index in [1.165, 1.54) is 0 Å². The Morgan fingerprint density at radius 2 is 2.05 bits per heavy atom. The van der Waals surface area contributed by atoms with Crippen molar-refractivity contribution in [3.63, 3.8) is 0 Å². The van der Waals surface area contributed by atoms with Gasteiger partial charge in [0.1, 0.15) is 10.8 Å². The monoisotopic (exact) mass is 320 g/mol. The van der Waals surface area contributed by atoms with E-state index < -0.39 is 12.6 Å². The lowest BCUT2D eigenvalue weighted by Gasteiger charge is -2.11. The predicted octanol–water partition coefficient (Wildman–Crippen LogP) is 2.41. The second-order valence-corrected chi connectivity index (χ2v) is 5.98. The zero-order valence-electron chi connectivity index (χ0n) is 12.2. The number of carboxylic acids is 1. The summed E-state index contributed by atoms with van der Waals surface area (Å²) >= 11 is 1.54. The van der Waals surface area contributed by atoms with E-state index in [2.05, 4.69) is 10.3 Å². The van der Waals surface area contributed by atoms with Crippen LogP contribution in [0.4, 0.5) is 0 Å². The summed E-state index contributed by atoms with van der Waals surface area (Å²) in [5.41, 5.74) is 0.475. The van der Waals surface area contributed by atoms with Crippen molar-refractivity contribution >= 4 is 23.2 Å². The van der Waals surface area contributed by atoms with Gasteiger partial charge in [-0.25, -0.2) is 9.78 Å². The number of nitrogens with one attached hydrogen (secondary N) is 1. The maximum atomic E-state index is 12.1. The number of carbonyl (C=O) groups excluding carboxylic acids is 1. The number of ether oxygens (including phenoxy) is 1. The van der Waals surface area contributed by atoms with Crippen molar-refractivity contribution in [3.8, 4) is 5.75 Å². The molecular formula is C15H16N2O4S. The normalized spacial score (nSPS) is 11.7. The van der Waals surface area contributed by atoms with Gasteiger partial charge in [0.2, 0.25) is 0 Å². The Morgan fingerprint density at radius 3 is 2.59 bits per heavy atom. The van der Waals surface area contributed by atoms with Gasteiger partial charge in [0, 0.05) is 16.6 Å². The second-order valence-electron chi connectivity index (χ2n) is 4.71. The van der Waals surface area contributed by atoms with Gasteiger partial charge in [-0.1, -0.05) is 0 Å². The third kappa shape index (κ3) is 4.29. The molecule has 1 aromatic heterocycles. The standard InChI is InChI=1S/C15H16N2O4S/c1-9-7-16-15(22-9)10(2)17-14(20)11-3-5-12(6-4-11)21-8-13(18)19/h3-7,10H,8H2,1-2H3,(H,17,20)(H,18,19). The fourth-order valence-electron chi connectivity index (χ4n) is 1.76. The molecule has 0 aliphatic heterocycles. The molecule has 0 saturated carbocycles. The van der Waals surface area contributed by atoms with E-state index in [4.69, 9.17) is 9.84 Å². The molecule has 22 heavy (non-hydrogen) atoms. The number of rotatable bonds is 6. The molecule has 116 valence electrons. The lowest BCUT2D eigenvalue weighted by Crippen LogP contribution is -2.26. The summed E-state index contributed by atoms with van der Waals surface area (Å²) in [7, 11) is 0. The van der Waals surface area contributed by atoms with Crippen LogP contribution in [0.5, 0.6) is 5.75 Å². The summed E-state index contributed by atoms with van der Waals surface area (Å²) in [6.07, 6.45) is 1.78. The first-order valence-corrected chi connectivity index (χ1v) is 7.45. The zero-order chi connectivity index (χ0) is 16.1. The highest BCUT2D eigenvalue weighted by Crippen LogP contribution is 2.19. The maximum absolute atomic E-state index is 12.1. The van der Waals surface area contributed by atoms with Crippen molar-refractivity contribution in [3.05, 3.63) is 45.9 Å². The Morgan fingerprint density at radius 1 is 1.36 bits per heavy atom. The van der Waals surface area contributed by atoms with Crippen LogP contribution in [0.1, 0.15) is 33.2 Å². The first-order chi connectivity index (χ1) is 10.5. The highest BCUT2D eigenvalue weighted by Gasteiger charge is 2.14. The number of thiazole rings is 1. The molecule has 0 fully saturated rings. The topological polar surface area (TPSA) is 88.5 Å². The van der Waals surface area contributed by atoms with E-state index in [0.717, 1.165) is 9.88 Å². The quantitative estimate of drug-likeness (QED) is 0.853. The average molecular weight is 320 g/mol. The van der Waals surface area contributed by atoms with E-state index in [-0.39, 0.29) is 11.9 Å². The first kappa shape index (κ1) is 16.0.